The molecule has 5 nitrogen and oxygen atoms in total. The zero-order chi connectivity index (χ0) is 14.8. The first-order valence-corrected chi connectivity index (χ1v) is 8.12. The Morgan fingerprint density at radius 3 is 2.85 bits per heavy atom. The summed E-state index contributed by atoms with van der Waals surface area (Å²) in [6, 6.07) is 6.81. The van der Waals surface area contributed by atoms with Crippen molar-refractivity contribution in [2.75, 3.05) is 13.1 Å². The standard InChI is InChI=1S/C14H19NO4S/c1-11-4-2-6-13(8-11)20(18,19)15-7-3-5-12(10-15)9-14(16)17/h2,4,6,8,12H,3,5,7,9-10H2,1H3,(H,16,17)/t12-/m1/s1. The quantitative estimate of drug-likeness (QED) is 0.920. The van der Waals surface area contributed by atoms with Gasteiger partial charge in [-0.3, -0.25) is 4.79 Å². The molecule has 1 heterocycles. The number of hydrogen-bond donors (Lipinski definition) is 1. The maximum atomic E-state index is 12.5. The van der Waals surface area contributed by atoms with Crippen LogP contribution in [0.4, 0.5) is 0 Å². The van der Waals surface area contributed by atoms with Crippen molar-refractivity contribution in [3.63, 3.8) is 0 Å². The first-order chi connectivity index (χ1) is 9.39. The molecule has 1 fully saturated rings. The van der Waals surface area contributed by atoms with Crippen LogP contribution in [0.25, 0.3) is 0 Å². The van der Waals surface area contributed by atoms with E-state index in [0.717, 1.165) is 12.0 Å². The van der Waals surface area contributed by atoms with Crippen molar-refractivity contribution >= 4 is 16.0 Å². The Morgan fingerprint density at radius 1 is 1.45 bits per heavy atom. The van der Waals surface area contributed by atoms with E-state index in [0.29, 0.717) is 19.5 Å². The molecule has 1 atom stereocenters. The summed E-state index contributed by atoms with van der Waals surface area (Å²) in [5.74, 6) is -0.967. The maximum Gasteiger partial charge on any atom is 0.303 e. The summed E-state index contributed by atoms with van der Waals surface area (Å²) >= 11 is 0. The van der Waals surface area contributed by atoms with Gasteiger partial charge in [0.1, 0.15) is 0 Å². The third kappa shape index (κ3) is 3.37. The molecule has 0 bridgehead atoms. The van der Waals surface area contributed by atoms with Crippen molar-refractivity contribution in [3.8, 4) is 0 Å². The van der Waals surface area contributed by atoms with Crippen LogP contribution in [0.5, 0.6) is 0 Å². The predicted octanol–water partition coefficient (Wildman–Crippen LogP) is 1.87. The van der Waals surface area contributed by atoms with E-state index in [-0.39, 0.29) is 17.2 Å². The second-order valence-electron chi connectivity index (χ2n) is 5.29. The molecule has 1 aliphatic heterocycles. The van der Waals surface area contributed by atoms with Crippen molar-refractivity contribution in [2.24, 2.45) is 5.92 Å². The first-order valence-electron chi connectivity index (χ1n) is 6.68. The highest BCUT2D eigenvalue weighted by Crippen LogP contribution is 2.25. The summed E-state index contributed by atoms with van der Waals surface area (Å²) in [6.07, 6.45) is 1.51. The normalized spacial score (nSPS) is 20.8. The molecule has 110 valence electrons. The molecule has 0 radical (unpaired) electrons. The summed E-state index contributed by atoms with van der Waals surface area (Å²) < 4.78 is 26.5. The molecule has 0 spiro atoms. The van der Waals surface area contributed by atoms with Crippen molar-refractivity contribution in [1.82, 2.24) is 4.31 Å². The number of aryl methyl sites for hydroxylation is 1. The predicted molar refractivity (Wildman–Crippen MR) is 74.9 cm³/mol. The van der Waals surface area contributed by atoms with Gasteiger partial charge in [0.05, 0.1) is 4.90 Å². The highest BCUT2D eigenvalue weighted by Gasteiger charge is 2.31. The molecule has 1 aromatic carbocycles. The van der Waals surface area contributed by atoms with Crippen LogP contribution in [-0.4, -0.2) is 36.9 Å². The number of rotatable bonds is 4. The number of aliphatic carboxylic acids is 1. The molecule has 1 saturated heterocycles. The number of sulfonamides is 1. The number of nitrogens with zero attached hydrogens (tertiary/aromatic N) is 1. The van der Waals surface area contributed by atoms with Crippen LogP contribution < -0.4 is 0 Å². The Labute approximate surface area is 119 Å². The largest absolute Gasteiger partial charge is 0.481 e. The van der Waals surface area contributed by atoms with E-state index in [1.165, 1.54) is 4.31 Å². The van der Waals surface area contributed by atoms with Crippen LogP contribution in [0.1, 0.15) is 24.8 Å². The Hall–Kier alpha value is -1.40. The second-order valence-corrected chi connectivity index (χ2v) is 7.22. The van der Waals surface area contributed by atoms with Crippen LogP contribution in [0.15, 0.2) is 29.2 Å². The van der Waals surface area contributed by atoms with Crippen molar-refractivity contribution < 1.29 is 18.3 Å². The van der Waals surface area contributed by atoms with Gasteiger partial charge in [-0.1, -0.05) is 12.1 Å². The lowest BCUT2D eigenvalue weighted by molar-refractivity contribution is -0.138. The van der Waals surface area contributed by atoms with E-state index in [2.05, 4.69) is 0 Å². The maximum absolute atomic E-state index is 12.5. The molecular weight excluding hydrogens is 278 g/mol. The number of benzene rings is 1. The average molecular weight is 297 g/mol. The Morgan fingerprint density at radius 2 is 2.20 bits per heavy atom. The third-order valence-corrected chi connectivity index (χ3v) is 5.43. The first kappa shape index (κ1) is 15.0. The van der Waals surface area contributed by atoms with Crippen molar-refractivity contribution in [2.45, 2.75) is 31.1 Å². The molecule has 0 saturated carbocycles. The lowest BCUT2D eigenvalue weighted by Gasteiger charge is -2.31. The fourth-order valence-electron chi connectivity index (χ4n) is 2.58. The summed E-state index contributed by atoms with van der Waals surface area (Å²) in [5, 5.41) is 8.84. The summed E-state index contributed by atoms with van der Waals surface area (Å²) in [6.45, 7) is 2.61. The van der Waals surface area contributed by atoms with Gasteiger partial charge in [0, 0.05) is 19.5 Å². The molecule has 1 aromatic rings. The smallest absolute Gasteiger partial charge is 0.303 e. The monoisotopic (exact) mass is 297 g/mol. The Bertz CT molecular complexity index is 597. The highest BCUT2D eigenvalue weighted by molar-refractivity contribution is 7.89. The minimum absolute atomic E-state index is 0.0276. The van der Waals surface area contributed by atoms with E-state index in [4.69, 9.17) is 5.11 Å². The minimum Gasteiger partial charge on any atom is -0.481 e. The van der Waals surface area contributed by atoms with E-state index < -0.39 is 16.0 Å². The second kappa shape index (κ2) is 5.93. The Balaban J connectivity index is 2.19. The molecule has 20 heavy (non-hydrogen) atoms. The lowest BCUT2D eigenvalue weighted by atomic mass is 9.96. The minimum atomic E-state index is -3.51. The van der Waals surface area contributed by atoms with Crippen LogP contribution in [0.3, 0.4) is 0 Å². The zero-order valence-electron chi connectivity index (χ0n) is 11.4. The highest BCUT2D eigenvalue weighted by atomic mass is 32.2. The van der Waals surface area contributed by atoms with Gasteiger partial charge in [0.15, 0.2) is 0 Å². The summed E-state index contributed by atoms with van der Waals surface area (Å²) in [4.78, 5) is 11.1. The van der Waals surface area contributed by atoms with E-state index in [1.54, 1.807) is 18.2 Å². The fourth-order valence-corrected chi connectivity index (χ4v) is 4.24. The number of carboxylic acid groups (broad SMARTS) is 1. The van der Waals surface area contributed by atoms with Gasteiger partial charge < -0.3 is 5.11 Å². The van der Waals surface area contributed by atoms with Crippen LogP contribution in [0.2, 0.25) is 0 Å². The van der Waals surface area contributed by atoms with Crippen molar-refractivity contribution in [3.05, 3.63) is 29.8 Å². The van der Waals surface area contributed by atoms with Gasteiger partial charge in [-0.05, 0) is 43.4 Å². The number of carboxylic acids is 1. The molecule has 2 rings (SSSR count). The topological polar surface area (TPSA) is 74.7 Å². The molecule has 0 aliphatic carbocycles. The molecular formula is C14H19NO4S. The van der Waals surface area contributed by atoms with E-state index in [1.807, 2.05) is 13.0 Å². The van der Waals surface area contributed by atoms with Crippen LogP contribution in [0, 0.1) is 12.8 Å². The zero-order valence-corrected chi connectivity index (χ0v) is 12.3. The van der Waals surface area contributed by atoms with Gasteiger partial charge in [0.2, 0.25) is 10.0 Å². The van der Waals surface area contributed by atoms with Gasteiger partial charge in [-0.15, -0.1) is 0 Å². The Kier molecular flexibility index (Phi) is 4.45. The number of hydrogen-bond acceptors (Lipinski definition) is 3. The SMILES string of the molecule is Cc1cccc(S(=O)(=O)N2CCC[C@H](CC(=O)O)C2)c1. The molecule has 6 heteroatoms. The summed E-state index contributed by atoms with van der Waals surface area (Å²) in [5.41, 5.74) is 0.894. The van der Waals surface area contributed by atoms with E-state index >= 15 is 0 Å². The van der Waals surface area contributed by atoms with Gasteiger partial charge in [-0.25, -0.2) is 8.42 Å². The molecule has 0 unspecified atom stereocenters. The van der Waals surface area contributed by atoms with Crippen LogP contribution >= 0.6 is 0 Å². The third-order valence-electron chi connectivity index (χ3n) is 3.57. The van der Waals surface area contributed by atoms with E-state index in [9.17, 15) is 13.2 Å². The van der Waals surface area contributed by atoms with Crippen LogP contribution in [-0.2, 0) is 14.8 Å². The molecule has 0 aromatic heterocycles. The number of carbonyl (C=O) groups is 1. The van der Waals surface area contributed by atoms with Gasteiger partial charge in [-0.2, -0.15) is 4.31 Å². The molecule has 0 amide bonds. The van der Waals surface area contributed by atoms with Gasteiger partial charge in [0.25, 0.3) is 0 Å². The molecule has 1 N–H and O–H groups in total. The number of piperidine rings is 1. The fraction of sp³-hybridized carbons (Fsp3) is 0.500. The molecule has 1 aliphatic rings. The van der Waals surface area contributed by atoms with Crippen molar-refractivity contribution in [1.29, 1.82) is 0 Å². The summed E-state index contributed by atoms with van der Waals surface area (Å²) in [7, 11) is -3.51. The average Bonchev–Trinajstić information content (AvgIpc) is 2.38. The van der Waals surface area contributed by atoms with Gasteiger partial charge >= 0.3 is 5.97 Å². The lowest BCUT2D eigenvalue weighted by Crippen LogP contribution is -2.40.